The van der Waals surface area contributed by atoms with Crippen LogP contribution in [0.2, 0.25) is 0 Å². The van der Waals surface area contributed by atoms with E-state index in [1.165, 1.54) is 212 Å². The van der Waals surface area contributed by atoms with E-state index in [1.54, 1.807) is 6.08 Å². The molecule has 0 rings (SSSR count). The van der Waals surface area contributed by atoms with E-state index in [2.05, 4.69) is 93.7 Å². The number of unbranched alkanes of at least 4 members (excludes halogenated alkanes) is 37. The SMILES string of the molecule is CC/C=C\C/C=C\C/C=C\C/C=C\C/C=C\CC(=O)OCC(COC(=O)CCCCCCCCCCCCCCCCCCCCCCCCCCCCCC)OC(=O)CCCCCCCCC/C=C\C/C=C\CCCCC. The van der Waals surface area contributed by atoms with Gasteiger partial charge in [0.1, 0.15) is 13.2 Å². The molecule has 0 saturated heterocycles. The van der Waals surface area contributed by atoms with Crippen LogP contribution in [0.15, 0.2) is 85.1 Å². The molecule has 0 amide bonds. The van der Waals surface area contributed by atoms with Gasteiger partial charge < -0.3 is 14.2 Å². The van der Waals surface area contributed by atoms with E-state index in [-0.39, 0.29) is 31.6 Å². The van der Waals surface area contributed by atoms with Crippen molar-refractivity contribution in [1.29, 1.82) is 0 Å². The number of allylic oxidation sites excluding steroid dienone is 13. The van der Waals surface area contributed by atoms with E-state index in [4.69, 9.17) is 14.2 Å². The van der Waals surface area contributed by atoms with Gasteiger partial charge in [-0.1, -0.05) is 324 Å². The van der Waals surface area contributed by atoms with Crippen molar-refractivity contribution >= 4 is 17.9 Å². The molecule has 0 bridgehead atoms. The molecule has 0 radical (unpaired) electrons. The third-order valence-corrected chi connectivity index (χ3v) is 14.7. The van der Waals surface area contributed by atoms with Crippen LogP contribution < -0.4 is 0 Å². The molecule has 0 aromatic heterocycles. The molecule has 450 valence electrons. The van der Waals surface area contributed by atoms with Gasteiger partial charge in [-0.25, -0.2) is 0 Å². The maximum atomic E-state index is 12.9. The van der Waals surface area contributed by atoms with Crippen molar-refractivity contribution in [2.24, 2.45) is 0 Å². The molecule has 0 N–H and O–H groups in total. The Hall–Kier alpha value is -3.41. The Morgan fingerprint density at radius 3 is 0.923 bits per heavy atom. The third-order valence-electron chi connectivity index (χ3n) is 14.7. The molecule has 0 heterocycles. The summed E-state index contributed by atoms with van der Waals surface area (Å²) in [6, 6.07) is 0. The molecule has 0 spiro atoms. The maximum absolute atomic E-state index is 12.9. The summed E-state index contributed by atoms with van der Waals surface area (Å²) in [4.78, 5) is 38.3. The summed E-state index contributed by atoms with van der Waals surface area (Å²) in [6.45, 7) is 6.45. The molecule has 0 fully saturated rings. The van der Waals surface area contributed by atoms with Crippen LogP contribution in [0, 0.1) is 0 Å². The Balaban J connectivity index is 4.30. The maximum Gasteiger partial charge on any atom is 0.309 e. The lowest BCUT2D eigenvalue weighted by Crippen LogP contribution is -2.30. The minimum Gasteiger partial charge on any atom is -0.462 e. The van der Waals surface area contributed by atoms with Gasteiger partial charge in [0, 0.05) is 12.8 Å². The van der Waals surface area contributed by atoms with Crippen LogP contribution in [0.3, 0.4) is 0 Å². The Morgan fingerprint density at radius 1 is 0.282 bits per heavy atom. The van der Waals surface area contributed by atoms with Crippen molar-refractivity contribution in [2.75, 3.05) is 13.2 Å². The lowest BCUT2D eigenvalue weighted by molar-refractivity contribution is -0.166. The normalized spacial score (nSPS) is 12.6. The van der Waals surface area contributed by atoms with Gasteiger partial charge in [0.15, 0.2) is 6.10 Å². The molecule has 0 aliphatic rings. The Kier molecular flexibility index (Phi) is 63.2. The summed E-state index contributed by atoms with van der Waals surface area (Å²) >= 11 is 0. The molecule has 0 aromatic rings. The number of rotatable bonds is 61. The molecular formula is C72H126O6. The molecule has 78 heavy (non-hydrogen) atoms. The van der Waals surface area contributed by atoms with Gasteiger partial charge in [0.25, 0.3) is 0 Å². The van der Waals surface area contributed by atoms with Crippen molar-refractivity contribution in [2.45, 2.75) is 341 Å². The summed E-state index contributed by atoms with van der Waals surface area (Å²) < 4.78 is 16.8. The second-order valence-electron chi connectivity index (χ2n) is 22.4. The molecule has 0 saturated carbocycles. The van der Waals surface area contributed by atoms with E-state index in [0.717, 1.165) is 83.5 Å². The quantitative estimate of drug-likeness (QED) is 0.0261. The van der Waals surface area contributed by atoms with Crippen molar-refractivity contribution < 1.29 is 28.6 Å². The van der Waals surface area contributed by atoms with Crippen LogP contribution >= 0.6 is 0 Å². The molecule has 1 unspecified atom stereocenters. The number of esters is 3. The summed E-state index contributed by atoms with van der Waals surface area (Å²) in [5.41, 5.74) is 0. The van der Waals surface area contributed by atoms with Crippen molar-refractivity contribution in [3.05, 3.63) is 85.1 Å². The fourth-order valence-corrected chi connectivity index (χ4v) is 9.67. The van der Waals surface area contributed by atoms with Crippen LogP contribution in [-0.4, -0.2) is 37.2 Å². The van der Waals surface area contributed by atoms with Gasteiger partial charge in [0.05, 0.1) is 6.42 Å². The number of hydrogen-bond donors (Lipinski definition) is 0. The first kappa shape index (κ1) is 74.6. The number of ether oxygens (including phenoxy) is 3. The van der Waals surface area contributed by atoms with Gasteiger partial charge in [-0.2, -0.15) is 0 Å². The van der Waals surface area contributed by atoms with Gasteiger partial charge in [0.2, 0.25) is 0 Å². The number of carbonyl (C=O) groups excluding carboxylic acids is 3. The highest BCUT2D eigenvalue weighted by molar-refractivity contribution is 5.72. The first-order chi connectivity index (χ1) is 38.5. The molecule has 0 aliphatic heterocycles. The molecule has 1 atom stereocenters. The summed E-state index contributed by atoms with van der Waals surface area (Å²) in [5.74, 6) is -1.04. The van der Waals surface area contributed by atoms with Gasteiger partial charge in [-0.15, -0.1) is 0 Å². The standard InChI is InChI=1S/C72H126O6/c1-4-7-10-13-16-19-22-25-28-30-31-32-33-34-35-36-37-38-39-40-42-44-47-50-53-56-59-62-65-71(74)77-68-69(67-76-70(73)64-61-58-55-52-49-46-43-27-24-21-18-15-12-9-6-3)78-72(75)66-63-60-57-54-51-48-45-41-29-26-23-20-17-14-11-8-5-2/h9,12,17-18,20-21,26-27,29,43,49,52,58,61,69H,4-8,10-11,13-16,19,22-25,28,30-42,44-48,50-51,53-57,59-60,62-68H2,1-3H3/b12-9-,20-17-,21-18-,29-26-,43-27-,52-49-,61-58-. The average Bonchev–Trinajstić information content (AvgIpc) is 3.44. The highest BCUT2D eigenvalue weighted by Gasteiger charge is 2.19. The Bertz CT molecular complexity index is 1480. The smallest absolute Gasteiger partial charge is 0.309 e. The molecule has 0 aliphatic carbocycles. The molecular weight excluding hydrogens is 961 g/mol. The van der Waals surface area contributed by atoms with E-state index in [0.29, 0.717) is 12.8 Å². The van der Waals surface area contributed by atoms with Gasteiger partial charge in [-0.3, -0.25) is 14.4 Å². The van der Waals surface area contributed by atoms with Gasteiger partial charge >= 0.3 is 17.9 Å². The van der Waals surface area contributed by atoms with Crippen LogP contribution in [0.1, 0.15) is 335 Å². The summed E-state index contributed by atoms with van der Waals surface area (Å²) in [7, 11) is 0. The molecule has 6 nitrogen and oxygen atoms in total. The minimum absolute atomic E-state index is 0.107. The summed E-state index contributed by atoms with van der Waals surface area (Å²) in [5, 5.41) is 0. The fourth-order valence-electron chi connectivity index (χ4n) is 9.67. The van der Waals surface area contributed by atoms with E-state index in [1.807, 2.05) is 6.08 Å². The fraction of sp³-hybridized carbons (Fsp3) is 0.764. The van der Waals surface area contributed by atoms with E-state index < -0.39 is 12.1 Å². The Labute approximate surface area is 484 Å². The van der Waals surface area contributed by atoms with Crippen molar-refractivity contribution in [3.8, 4) is 0 Å². The highest BCUT2D eigenvalue weighted by Crippen LogP contribution is 2.18. The second kappa shape index (κ2) is 66.1. The van der Waals surface area contributed by atoms with E-state index >= 15 is 0 Å². The van der Waals surface area contributed by atoms with Crippen molar-refractivity contribution in [1.82, 2.24) is 0 Å². The van der Waals surface area contributed by atoms with E-state index in [9.17, 15) is 14.4 Å². The minimum atomic E-state index is -0.821. The first-order valence-corrected chi connectivity index (χ1v) is 33.6. The number of hydrogen-bond acceptors (Lipinski definition) is 6. The molecule has 0 aromatic carbocycles. The van der Waals surface area contributed by atoms with Crippen LogP contribution in [0.5, 0.6) is 0 Å². The van der Waals surface area contributed by atoms with Crippen LogP contribution in [0.4, 0.5) is 0 Å². The predicted molar refractivity (Wildman–Crippen MR) is 339 cm³/mol. The zero-order chi connectivity index (χ0) is 56.4. The first-order valence-electron chi connectivity index (χ1n) is 33.6. The monoisotopic (exact) mass is 1090 g/mol. The van der Waals surface area contributed by atoms with Gasteiger partial charge in [-0.05, 0) is 77.0 Å². The predicted octanol–water partition coefficient (Wildman–Crippen LogP) is 23.1. The van der Waals surface area contributed by atoms with Crippen LogP contribution in [-0.2, 0) is 28.6 Å². The molecule has 6 heteroatoms. The van der Waals surface area contributed by atoms with Crippen molar-refractivity contribution in [3.63, 3.8) is 0 Å². The zero-order valence-corrected chi connectivity index (χ0v) is 51.7. The Morgan fingerprint density at radius 2 is 0.551 bits per heavy atom. The lowest BCUT2D eigenvalue weighted by atomic mass is 10.0. The lowest BCUT2D eigenvalue weighted by Gasteiger charge is -2.18. The summed E-state index contributed by atoms with van der Waals surface area (Å²) in [6.07, 6.45) is 87.8. The second-order valence-corrected chi connectivity index (χ2v) is 22.4. The topological polar surface area (TPSA) is 78.9 Å². The average molecular weight is 1090 g/mol. The third kappa shape index (κ3) is 63.4. The van der Waals surface area contributed by atoms with Crippen LogP contribution in [0.25, 0.3) is 0 Å². The largest absolute Gasteiger partial charge is 0.462 e. The highest BCUT2D eigenvalue weighted by atomic mass is 16.6. The zero-order valence-electron chi connectivity index (χ0n) is 51.7. The number of carbonyl (C=O) groups is 3.